The number of hydrogen-bond acceptors (Lipinski definition) is 7. The topological polar surface area (TPSA) is 106 Å². The average Bonchev–Trinajstić information content (AvgIpc) is 3.23. The number of phenolic OH excluding ortho intramolecular Hbond substituents is 1. The van der Waals surface area contributed by atoms with Gasteiger partial charge in [0.15, 0.2) is 0 Å². The largest absolute Gasteiger partial charge is 0.507 e. The van der Waals surface area contributed by atoms with Crippen molar-refractivity contribution in [2.75, 3.05) is 44.6 Å². The molecule has 6 rings (SSSR count). The minimum atomic E-state index is -0.899. The number of nitrogens with zero attached hydrogens (tertiary/aromatic N) is 4. The Hall–Kier alpha value is -3.15. The fraction of sp³-hybridized carbons (Fsp3) is 0.559. The highest BCUT2D eigenvalue weighted by Gasteiger charge is 2.52. The number of amides is 3. The Bertz CT molecular complexity index is 1380. The molecule has 4 heterocycles. The van der Waals surface area contributed by atoms with Gasteiger partial charge in [0.1, 0.15) is 24.3 Å². The fourth-order valence-corrected chi connectivity index (χ4v) is 8.32. The monoisotopic (exact) mass is 681 g/mol. The van der Waals surface area contributed by atoms with Crippen LogP contribution in [0.25, 0.3) is 0 Å². The van der Waals surface area contributed by atoms with Crippen molar-refractivity contribution in [3.63, 3.8) is 0 Å². The molecule has 3 amide bonds. The molecule has 2 aromatic rings. The van der Waals surface area contributed by atoms with E-state index in [0.29, 0.717) is 36.4 Å². The number of piperidine rings is 3. The van der Waals surface area contributed by atoms with Crippen molar-refractivity contribution in [1.29, 1.82) is 0 Å². The van der Waals surface area contributed by atoms with Crippen molar-refractivity contribution in [2.24, 2.45) is 0 Å². The second kappa shape index (κ2) is 14.1. The zero-order valence-corrected chi connectivity index (χ0v) is 27.4. The van der Waals surface area contributed by atoms with E-state index in [-0.39, 0.29) is 30.9 Å². The molecule has 3 saturated heterocycles. The molecule has 45 heavy (non-hydrogen) atoms. The zero-order valence-electron chi connectivity index (χ0n) is 25.8. The number of phenols is 1. The Kier molecular flexibility index (Phi) is 9.96. The number of anilines is 1. The van der Waals surface area contributed by atoms with Gasteiger partial charge in [-0.3, -0.25) is 9.80 Å². The molecule has 2 N–H and O–H groups in total. The molecule has 0 aliphatic carbocycles. The molecule has 0 aromatic heterocycles. The highest BCUT2D eigenvalue weighted by Crippen LogP contribution is 2.40. The minimum Gasteiger partial charge on any atom is -0.507 e. The maximum atomic E-state index is 13.9. The normalized spacial score (nSPS) is 25.3. The van der Waals surface area contributed by atoms with Crippen molar-refractivity contribution in [3.05, 3.63) is 58.1 Å². The fourth-order valence-electron chi connectivity index (χ4n) is 7.89. The molecule has 0 saturated carbocycles. The molecule has 4 aliphatic heterocycles. The predicted molar refractivity (Wildman–Crippen MR) is 175 cm³/mol. The molecule has 10 nitrogen and oxygen atoms in total. The van der Waals surface area contributed by atoms with Gasteiger partial charge >= 0.3 is 12.1 Å². The number of likely N-dealkylation sites (tertiary alicyclic amines) is 3. The number of ether oxygens (including phenoxy) is 1. The summed E-state index contributed by atoms with van der Waals surface area (Å²) in [7, 11) is 0. The molecule has 0 unspecified atom stereocenters. The van der Waals surface area contributed by atoms with Crippen LogP contribution < -0.4 is 5.32 Å². The summed E-state index contributed by atoms with van der Waals surface area (Å²) in [6.07, 6.45) is 8.16. The van der Waals surface area contributed by atoms with Gasteiger partial charge in [0.05, 0.1) is 4.47 Å². The molecule has 2 aromatic carbocycles. The Morgan fingerprint density at radius 1 is 1.00 bits per heavy atom. The molecule has 242 valence electrons. The smallest absolute Gasteiger partial charge is 0.411 e. The number of hydrogen-bond donors (Lipinski definition) is 2. The summed E-state index contributed by atoms with van der Waals surface area (Å²) in [5, 5.41) is 13.0. The van der Waals surface area contributed by atoms with E-state index in [1.54, 1.807) is 23.1 Å². The molecule has 0 spiro atoms. The molecule has 2 atom stereocenters. The summed E-state index contributed by atoms with van der Waals surface area (Å²) in [5.41, 5.74) is 1.79. The number of para-hydroxylation sites is 1. The van der Waals surface area contributed by atoms with Crippen LogP contribution in [0.4, 0.5) is 15.3 Å². The Labute approximate surface area is 273 Å². The third-order valence-corrected chi connectivity index (χ3v) is 10.9. The summed E-state index contributed by atoms with van der Waals surface area (Å²) in [5.74, 6) is 0.116. The first kappa shape index (κ1) is 31.8. The lowest BCUT2D eigenvalue weighted by Gasteiger charge is -2.57. The quantitative estimate of drug-likeness (QED) is 0.368. The van der Waals surface area contributed by atoms with Crippen molar-refractivity contribution in [2.45, 2.75) is 82.1 Å². The van der Waals surface area contributed by atoms with Gasteiger partial charge in [-0.25, -0.2) is 9.59 Å². The lowest BCUT2D eigenvalue weighted by Crippen LogP contribution is -2.70. The third kappa shape index (κ3) is 6.85. The highest BCUT2D eigenvalue weighted by molar-refractivity contribution is 9.10. The molecular formula is C34H44BrN5O5. The zero-order chi connectivity index (χ0) is 31.4. The number of aromatic hydroxyl groups is 1. The van der Waals surface area contributed by atoms with E-state index in [1.807, 2.05) is 29.2 Å². The van der Waals surface area contributed by atoms with Crippen molar-refractivity contribution in [1.82, 2.24) is 19.6 Å². The molecule has 11 heteroatoms. The number of halogens is 1. The van der Waals surface area contributed by atoms with Gasteiger partial charge in [0, 0.05) is 56.8 Å². The lowest BCUT2D eigenvalue weighted by atomic mass is 9.84. The maximum absolute atomic E-state index is 13.9. The SMILES string of the molecule is O=CC[C@@]1(N2CCC(N3CCCCC3)CC2)C[C@H](N2CCc3ccccc3NC2=O)CCN1C(=O)OCc1ccc(O)c(Br)c1. The van der Waals surface area contributed by atoms with Crippen LogP contribution in [-0.2, 0) is 22.6 Å². The first-order chi connectivity index (χ1) is 21.9. The number of nitrogens with one attached hydrogen (secondary N) is 1. The number of urea groups is 1. The summed E-state index contributed by atoms with van der Waals surface area (Å²) >= 11 is 3.33. The Morgan fingerprint density at radius 2 is 1.76 bits per heavy atom. The van der Waals surface area contributed by atoms with E-state index in [2.05, 4.69) is 31.0 Å². The van der Waals surface area contributed by atoms with E-state index in [1.165, 1.54) is 19.3 Å². The second-order valence-corrected chi connectivity index (χ2v) is 13.7. The number of carbonyl (C=O) groups is 3. The summed E-state index contributed by atoms with van der Waals surface area (Å²) in [6.45, 7) is 4.82. The Morgan fingerprint density at radius 3 is 2.51 bits per heavy atom. The van der Waals surface area contributed by atoms with Crippen LogP contribution in [0, 0.1) is 0 Å². The van der Waals surface area contributed by atoms with E-state index >= 15 is 0 Å². The number of carbonyl (C=O) groups excluding carboxylic acids is 3. The van der Waals surface area contributed by atoms with Crippen molar-refractivity contribution >= 4 is 40.0 Å². The van der Waals surface area contributed by atoms with Gasteiger partial charge in [-0.05, 0) is 96.9 Å². The highest BCUT2D eigenvalue weighted by atomic mass is 79.9. The van der Waals surface area contributed by atoms with Crippen LogP contribution in [-0.4, -0.2) is 100 Å². The number of benzene rings is 2. The van der Waals surface area contributed by atoms with E-state index in [9.17, 15) is 19.5 Å². The summed E-state index contributed by atoms with van der Waals surface area (Å²) in [6, 6.07) is 13.2. The predicted octanol–water partition coefficient (Wildman–Crippen LogP) is 5.58. The first-order valence-corrected chi connectivity index (χ1v) is 17.2. The van der Waals surface area contributed by atoms with Gasteiger partial charge < -0.3 is 29.8 Å². The summed E-state index contributed by atoms with van der Waals surface area (Å²) < 4.78 is 6.41. The molecular weight excluding hydrogens is 638 g/mol. The van der Waals surface area contributed by atoms with Crippen LogP contribution >= 0.6 is 15.9 Å². The minimum absolute atomic E-state index is 0.0403. The number of rotatable bonds is 7. The van der Waals surface area contributed by atoms with Crippen LogP contribution in [0.15, 0.2) is 46.9 Å². The van der Waals surface area contributed by atoms with Crippen LogP contribution in [0.1, 0.15) is 62.5 Å². The van der Waals surface area contributed by atoms with Crippen LogP contribution in [0.5, 0.6) is 5.75 Å². The lowest BCUT2D eigenvalue weighted by molar-refractivity contribution is -0.128. The van der Waals surface area contributed by atoms with Crippen LogP contribution in [0.3, 0.4) is 0 Å². The maximum Gasteiger partial charge on any atom is 0.411 e. The van der Waals surface area contributed by atoms with Crippen molar-refractivity contribution in [3.8, 4) is 5.75 Å². The first-order valence-electron chi connectivity index (χ1n) is 16.4. The van der Waals surface area contributed by atoms with Gasteiger partial charge in [0.25, 0.3) is 0 Å². The van der Waals surface area contributed by atoms with Gasteiger partial charge in [-0.1, -0.05) is 30.7 Å². The standard InChI is InChI=1S/C34H44BrN5O5/c35-29-22-25(8-9-31(29)42)24-45-33(44)40-20-13-28(39-19-10-26-6-2-3-7-30(26)36-32(39)43)23-34(40,14-21-41)38-17-11-27(12-18-38)37-15-4-1-5-16-37/h2-3,6-9,21-22,27-28,42H,1,4-5,10-20,23-24H2,(H,36,43)/t28-,34+/m1/s1. The molecule has 0 radical (unpaired) electrons. The number of fused-ring (bicyclic) bond motifs is 1. The van der Waals surface area contributed by atoms with E-state index in [0.717, 1.165) is 68.5 Å². The molecule has 3 fully saturated rings. The van der Waals surface area contributed by atoms with Gasteiger partial charge in [0.2, 0.25) is 0 Å². The number of aldehydes is 1. The van der Waals surface area contributed by atoms with Crippen molar-refractivity contribution < 1.29 is 24.2 Å². The average molecular weight is 683 g/mol. The van der Waals surface area contributed by atoms with Gasteiger partial charge in [-0.15, -0.1) is 0 Å². The third-order valence-electron chi connectivity index (χ3n) is 10.3. The summed E-state index contributed by atoms with van der Waals surface area (Å²) in [4.78, 5) is 48.6. The van der Waals surface area contributed by atoms with E-state index < -0.39 is 11.8 Å². The Balaban J connectivity index is 1.24. The van der Waals surface area contributed by atoms with E-state index in [4.69, 9.17) is 4.74 Å². The molecule has 0 bridgehead atoms. The molecule has 4 aliphatic rings. The second-order valence-electron chi connectivity index (χ2n) is 12.8. The van der Waals surface area contributed by atoms with Crippen LogP contribution in [0.2, 0.25) is 0 Å². The van der Waals surface area contributed by atoms with Gasteiger partial charge in [-0.2, -0.15) is 0 Å².